The molecule has 1 aromatic heterocycles. The van der Waals surface area contributed by atoms with Gasteiger partial charge >= 0.3 is 0 Å². The predicted molar refractivity (Wildman–Crippen MR) is 106 cm³/mol. The monoisotopic (exact) mass is 396 g/mol. The van der Waals surface area contributed by atoms with Crippen LogP contribution in [0.5, 0.6) is 5.75 Å². The minimum atomic E-state index is -0.539. The van der Waals surface area contributed by atoms with Gasteiger partial charge in [-0.2, -0.15) is 0 Å². The maximum absolute atomic E-state index is 13.6. The van der Waals surface area contributed by atoms with Crippen LogP contribution in [0.4, 0.5) is 10.1 Å². The number of hydrogen-bond acceptors (Lipinski definition) is 4. The number of carbonyl (C=O) groups excluding carboxylic acids is 2. The highest BCUT2D eigenvalue weighted by molar-refractivity contribution is 5.97. The smallest absolute Gasteiger partial charge is 0.262 e. The zero-order chi connectivity index (χ0) is 20.8. The van der Waals surface area contributed by atoms with Crippen molar-refractivity contribution < 1.29 is 23.1 Å². The van der Waals surface area contributed by atoms with E-state index in [9.17, 15) is 14.0 Å². The number of hydrogen-bond donors (Lipinski definition) is 2. The lowest BCUT2D eigenvalue weighted by atomic mass is 10.1. The predicted octanol–water partition coefficient (Wildman–Crippen LogP) is 4.24. The first kappa shape index (κ1) is 20.1. The normalized spacial score (nSPS) is 11.6. The molecular weight excluding hydrogens is 375 g/mol. The molecule has 0 aliphatic heterocycles. The van der Waals surface area contributed by atoms with E-state index in [1.54, 1.807) is 36.4 Å². The third-order valence-electron chi connectivity index (χ3n) is 4.17. The molecule has 2 aromatic carbocycles. The highest BCUT2D eigenvalue weighted by Crippen LogP contribution is 2.21. The minimum Gasteiger partial charge on any atom is -0.483 e. The summed E-state index contributed by atoms with van der Waals surface area (Å²) in [6.45, 7) is 3.26. The number of nitrogens with one attached hydrogen (secondary N) is 2. The highest BCUT2D eigenvalue weighted by atomic mass is 19.1. The van der Waals surface area contributed by atoms with Crippen molar-refractivity contribution in [2.24, 2.45) is 0 Å². The maximum atomic E-state index is 13.6. The molecule has 150 valence electrons. The van der Waals surface area contributed by atoms with Gasteiger partial charge in [-0.25, -0.2) is 4.39 Å². The lowest BCUT2D eigenvalue weighted by Crippen LogP contribution is -2.27. The van der Waals surface area contributed by atoms with Crippen molar-refractivity contribution in [2.45, 2.75) is 19.9 Å². The Bertz CT molecular complexity index is 1020. The molecule has 0 bridgehead atoms. The standard InChI is InChI=1S/C22H21FN2O4/c1-14-11-12-19(29-14)15(2)24-22(27)16-7-3-6-10-20(16)28-13-21(26)25-18-9-5-4-8-17(18)23/h3-12,15H,13H2,1-2H3,(H,24,27)(H,25,26). The molecule has 6 nitrogen and oxygen atoms in total. The van der Waals surface area contributed by atoms with Crippen LogP contribution in [-0.2, 0) is 4.79 Å². The second-order valence-electron chi connectivity index (χ2n) is 6.46. The number of para-hydroxylation sites is 2. The molecule has 1 atom stereocenters. The van der Waals surface area contributed by atoms with Crippen molar-refractivity contribution >= 4 is 17.5 Å². The number of anilines is 1. The van der Waals surface area contributed by atoms with Gasteiger partial charge in [-0.05, 0) is 50.2 Å². The second kappa shape index (κ2) is 9.05. The molecule has 0 saturated carbocycles. The second-order valence-corrected chi connectivity index (χ2v) is 6.46. The summed E-state index contributed by atoms with van der Waals surface area (Å²) in [7, 11) is 0. The average molecular weight is 396 g/mol. The Kier molecular flexibility index (Phi) is 6.29. The molecule has 2 amide bonds. The summed E-state index contributed by atoms with van der Waals surface area (Å²) >= 11 is 0. The maximum Gasteiger partial charge on any atom is 0.262 e. The molecule has 0 saturated heterocycles. The fourth-order valence-electron chi connectivity index (χ4n) is 2.70. The number of aryl methyl sites for hydroxylation is 1. The van der Waals surface area contributed by atoms with Gasteiger partial charge in [-0.3, -0.25) is 9.59 Å². The zero-order valence-corrected chi connectivity index (χ0v) is 16.1. The molecule has 0 fully saturated rings. The Balaban J connectivity index is 1.63. The van der Waals surface area contributed by atoms with E-state index in [2.05, 4.69) is 10.6 Å². The molecule has 0 aliphatic carbocycles. The van der Waals surface area contributed by atoms with E-state index in [-0.39, 0.29) is 35.6 Å². The van der Waals surface area contributed by atoms with Gasteiger partial charge < -0.3 is 19.8 Å². The quantitative estimate of drug-likeness (QED) is 0.626. The van der Waals surface area contributed by atoms with Gasteiger partial charge in [0.25, 0.3) is 11.8 Å². The van der Waals surface area contributed by atoms with Gasteiger partial charge in [-0.1, -0.05) is 24.3 Å². The zero-order valence-electron chi connectivity index (χ0n) is 16.1. The van der Waals surface area contributed by atoms with Crippen LogP contribution in [0, 0.1) is 12.7 Å². The Morgan fingerprint density at radius 1 is 1.07 bits per heavy atom. The lowest BCUT2D eigenvalue weighted by molar-refractivity contribution is -0.118. The van der Waals surface area contributed by atoms with Crippen LogP contribution in [0.15, 0.2) is 65.1 Å². The number of benzene rings is 2. The Labute approximate surface area is 167 Å². The van der Waals surface area contributed by atoms with Crippen LogP contribution in [-0.4, -0.2) is 18.4 Å². The van der Waals surface area contributed by atoms with E-state index in [1.165, 1.54) is 18.2 Å². The third-order valence-corrected chi connectivity index (χ3v) is 4.17. The number of ether oxygens (including phenoxy) is 1. The van der Waals surface area contributed by atoms with E-state index in [0.29, 0.717) is 5.76 Å². The SMILES string of the molecule is Cc1ccc(C(C)NC(=O)c2ccccc2OCC(=O)Nc2ccccc2F)o1. The third kappa shape index (κ3) is 5.22. The molecule has 0 radical (unpaired) electrons. The molecule has 0 spiro atoms. The Morgan fingerprint density at radius 3 is 2.52 bits per heavy atom. The number of carbonyl (C=O) groups is 2. The summed E-state index contributed by atoms with van der Waals surface area (Å²) < 4.78 is 24.7. The average Bonchev–Trinajstić information content (AvgIpc) is 3.15. The summed E-state index contributed by atoms with van der Waals surface area (Å²) in [4.78, 5) is 24.7. The molecule has 3 aromatic rings. The fraction of sp³-hybridized carbons (Fsp3) is 0.182. The topological polar surface area (TPSA) is 80.6 Å². The van der Waals surface area contributed by atoms with Gasteiger partial charge in [-0.15, -0.1) is 0 Å². The van der Waals surface area contributed by atoms with Crippen LogP contribution in [0.1, 0.15) is 34.8 Å². The number of furan rings is 1. The molecular formula is C22H21FN2O4. The van der Waals surface area contributed by atoms with Crippen LogP contribution in [0.25, 0.3) is 0 Å². The molecule has 2 N–H and O–H groups in total. The first-order valence-electron chi connectivity index (χ1n) is 9.07. The molecule has 29 heavy (non-hydrogen) atoms. The van der Waals surface area contributed by atoms with E-state index in [4.69, 9.17) is 9.15 Å². The molecule has 7 heteroatoms. The van der Waals surface area contributed by atoms with Gasteiger partial charge in [0.1, 0.15) is 23.1 Å². The summed E-state index contributed by atoms with van der Waals surface area (Å²) in [5, 5.41) is 5.27. The summed E-state index contributed by atoms with van der Waals surface area (Å²) in [5.74, 6) is 0.199. The van der Waals surface area contributed by atoms with E-state index >= 15 is 0 Å². The van der Waals surface area contributed by atoms with Gasteiger partial charge in [0.2, 0.25) is 0 Å². The van der Waals surface area contributed by atoms with Crippen molar-refractivity contribution in [2.75, 3.05) is 11.9 Å². The molecule has 3 rings (SSSR count). The highest BCUT2D eigenvalue weighted by Gasteiger charge is 2.18. The van der Waals surface area contributed by atoms with Crippen molar-refractivity contribution in [3.05, 3.63) is 83.6 Å². The van der Waals surface area contributed by atoms with Crippen LogP contribution in [0.3, 0.4) is 0 Å². The van der Waals surface area contributed by atoms with Crippen LogP contribution in [0.2, 0.25) is 0 Å². The Hall–Kier alpha value is -3.61. The number of halogens is 1. The molecule has 0 aliphatic rings. The fourth-order valence-corrected chi connectivity index (χ4v) is 2.70. The van der Waals surface area contributed by atoms with Crippen molar-refractivity contribution in [1.29, 1.82) is 0 Å². The van der Waals surface area contributed by atoms with E-state index < -0.39 is 11.7 Å². The summed E-state index contributed by atoms with van der Waals surface area (Å²) in [6.07, 6.45) is 0. The first-order valence-corrected chi connectivity index (χ1v) is 9.07. The van der Waals surface area contributed by atoms with Crippen LogP contribution >= 0.6 is 0 Å². The number of amides is 2. The summed E-state index contributed by atoms with van der Waals surface area (Å²) in [6, 6.07) is 15.7. The lowest BCUT2D eigenvalue weighted by Gasteiger charge is -2.15. The van der Waals surface area contributed by atoms with Gasteiger partial charge in [0.15, 0.2) is 6.61 Å². The van der Waals surface area contributed by atoms with Gasteiger partial charge in [0.05, 0.1) is 17.3 Å². The molecule has 1 unspecified atom stereocenters. The largest absolute Gasteiger partial charge is 0.483 e. The van der Waals surface area contributed by atoms with Crippen LogP contribution < -0.4 is 15.4 Å². The first-order chi connectivity index (χ1) is 13.9. The van der Waals surface area contributed by atoms with Gasteiger partial charge in [0, 0.05) is 0 Å². The van der Waals surface area contributed by atoms with Crippen molar-refractivity contribution in [3.8, 4) is 5.75 Å². The minimum absolute atomic E-state index is 0.0645. The Morgan fingerprint density at radius 2 is 1.79 bits per heavy atom. The van der Waals surface area contributed by atoms with E-state index in [1.807, 2.05) is 19.9 Å². The van der Waals surface area contributed by atoms with Crippen molar-refractivity contribution in [1.82, 2.24) is 5.32 Å². The van der Waals surface area contributed by atoms with E-state index in [0.717, 1.165) is 5.76 Å². The molecule has 1 heterocycles. The van der Waals surface area contributed by atoms with Crippen molar-refractivity contribution in [3.63, 3.8) is 0 Å². The number of rotatable bonds is 7. The summed E-state index contributed by atoms with van der Waals surface area (Å²) in [5.41, 5.74) is 0.344.